The highest BCUT2D eigenvalue weighted by Crippen LogP contribution is 2.31. The lowest BCUT2D eigenvalue weighted by Gasteiger charge is -2.24. The summed E-state index contributed by atoms with van der Waals surface area (Å²) in [6.45, 7) is 1.17. The predicted molar refractivity (Wildman–Crippen MR) is 146 cm³/mol. The van der Waals surface area contributed by atoms with Crippen molar-refractivity contribution < 1.29 is 36.6 Å². The van der Waals surface area contributed by atoms with E-state index < -0.39 is 53.2 Å². The molecule has 0 fully saturated rings. The van der Waals surface area contributed by atoms with E-state index in [-0.39, 0.29) is 27.5 Å². The van der Waals surface area contributed by atoms with Gasteiger partial charge in [0.05, 0.1) is 36.1 Å². The van der Waals surface area contributed by atoms with Crippen molar-refractivity contribution in [3.63, 3.8) is 0 Å². The first-order chi connectivity index (χ1) is 20.1. The van der Waals surface area contributed by atoms with Crippen LogP contribution in [0.15, 0.2) is 75.7 Å². The van der Waals surface area contributed by atoms with Crippen LogP contribution < -0.4 is 24.4 Å². The maximum atomic E-state index is 14.1. The molecule has 42 heavy (non-hydrogen) atoms. The van der Waals surface area contributed by atoms with E-state index in [4.69, 9.17) is 14.2 Å². The van der Waals surface area contributed by atoms with Crippen molar-refractivity contribution in [3.05, 3.63) is 126 Å². The fourth-order valence-electron chi connectivity index (χ4n) is 4.62. The van der Waals surface area contributed by atoms with Gasteiger partial charge in [-0.15, -0.1) is 0 Å². The highest BCUT2D eigenvalue weighted by atomic mass is 32.1. The van der Waals surface area contributed by atoms with Crippen LogP contribution in [0.5, 0.6) is 11.5 Å². The zero-order chi connectivity index (χ0) is 30.1. The number of hydrogen-bond donors (Lipinski definition) is 0. The maximum Gasteiger partial charge on any atom is 0.338 e. The molecule has 0 amide bonds. The molecule has 0 aliphatic carbocycles. The standard InChI is InChI=1S/C30H22F4N2O5S/c1-15-23(29(38)40-3)26(17-7-5-4-6-8-17)36-28(37)22(42-30(36)35-15)12-16-9-10-21(39-2)18(11-16)14-41-27-24(33)19(31)13-20(32)25(27)34/h4-13,26H,14H2,1-3H3/b22-12-/t26-/m1/s1. The van der Waals surface area contributed by atoms with Crippen LogP contribution in [0.2, 0.25) is 0 Å². The molecule has 12 heteroatoms. The molecule has 0 bridgehead atoms. The summed E-state index contributed by atoms with van der Waals surface area (Å²) in [5.41, 5.74) is 1.71. The lowest BCUT2D eigenvalue weighted by Crippen LogP contribution is -2.39. The number of nitrogens with zero attached hydrogens (tertiary/aromatic N) is 2. The van der Waals surface area contributed by atoms with Gasteiger partial charge in [-0.25, -0.2) is 18.6 Å². The van der Waals surface area contributed by atoms with Gasteiger partial charge in [-0.05, 0) is 36.3 Å². The molecule has 7 nitrogen and oxygen atoms in total. The highest BCUT2D eigenvalue weighted by molar-refractivity contribution is 7.07. The topological polar surface area (TPSA) is 79.1 Å². The highest BCUT2D eigenvalue weighted by Gasteiger charge is 2.33. The van der Waals surface area contributed by atoms with Crippen LogP contribution in [-0.4, -0.2) is 24.8 Å². The van der Waals surface area contributed by atoms with Gasteiger partial charge in [0.1, 0.15) is 12.4 Å². The Labute approximate surface area is 240 Å². The first kappa shape index (κ1) is 28.8. The minimum atomic E-state index is -1.67. The summed E-state index contributed by atoms with van der Waals surface area (Å²) in [6.07, 6.45) is 1.58. The van der Waals surface area contributed by atoms with Crippen molar-refractivity contribution in [1.82, 2.24) is 4.57 Å². The molecular formula is C30H22F4N2O5S. The Kier molecular flexibility index (Phi) is 7.99. The van der Waals surface area contributed by atoms with Crippen LogP contribution >= 0.6 is 11.3 Å². The molecule has 216 valence electrons. The second-order valence-electron chi connectivity index (χ2n) is 9.14. The minimum Gasteiger partial charge on any atom is -0.496 e. The van der Waals surface area contributed by atoms with E-state index in [9.17, 15) is 27.2 Å². The van der Waals surface area contributed by atoms with Crippen LogP contribution in [0.25, 0.3) is 6.08 Å². The fraction of sp³-hybridized carbons (Fsp3) is 0.167. The lowest BCUT2D eigenvalue weighted by atomic mass is 9.96. The molecule has 3 aromatic carbocycles. The van der Waals surface area contributed by atoms with Crippen molar-refractivity contribution in [2.75, 3.05) is 14.2 Å². The number of fused-ring (bicyclic) bond motifs is 1. The van der Waals surface area contributed by atoms with E-state index in [0.29, 0.717) is 21.6 Å². The van der Waals surface area contributed by atoms with E-state index >= 15 is 0 Å². The third kappa shape index (κ3) is 5.20. The zero-order valence-corrected chi connectivity index (χ0v) is 23.2. The van der Waals surface area contributed by atoms with Crippen molar-refractivity contribution in [2.24, 2.45) is 4.99 Å². The fourth-order valence-corrected chi connectivity index (χ4v) is 5.67. The minimum absolute atomic E-state index is 0.0899. The molecule has 1 atom stereocenters. The van der Waals surface area contributed by atoms with Gasteiger partial charge in [-0.2, -0.15) is 8.78 Å². The number of ether oxygens (including phenoxy) is 3. The molecule has 5 rings (SSSR count). The largest absolute Gasteiger partial charge is 0.496 e. The van der Waals surface area contributed by atoms with Crippen LogP contribution in [0, 0.1) is 23.3 Å². The zero-order valence-electron chi connectivity index (χ0n) is 22.4. The molecule has 1 aromatic heterocycles. The lowest BCUT2D eigenvalue weighted by molar-refractivity contribution is -0.136. The number of methoxy groups -OCH3 is 2. The smallest absolute Gasteiger partial charge is 0.338 e. The van der Waals surface area contributed by atoms with Gasteiger partial charge in [-0.1, -0.05) is 47.7 Å². The van der Waals surface area contributed by atoms with Crippen LogP contribution in [0.3, 0.4) is 0 Å². The summed E-state index contributed by atoms with van der Waals surface area (Å²) in [6, 6.07) is 13.1. The molecule has 2 heterocycles. The van der Waals surface area contributed by atoms with Crippen LogP contribution in [0.4, 0.5) is 17.6 Å². The van der Waals surface area contributed by atoms with E-state index in [2.05, 4.69) is 4.99 Å². The van der Waals surface area contributed by atoms with Gasteiger partial charge in [0, 0.05) is 11.6 Å². The number of aromatic nitrogens is 1. The Morgan fingerprint density at radius 2 is 1.71 bits per heavy atom. The van der Waals surface area contributed by atoms with Gasteiger partial charge in [-0.3, -0.25) is 9.36 Å². The van der Waals surface area contributed by atoms with Gasteiger partial charge >= 0.3 is 5.97 Å². The van der Waals surface area contributed by atoms with Crippen molar-refractivity contribution in [2.45, 2.75) is 19.6 Å². The Morgan fingerprint density at radius 3 is 2.36 bits per heavy atom. The number of esters is 1. The molecule has 4 aromatic rings. The molecule has 0 unspecified atom stereocenters. The first-order valence-electron chi connectivity index (χ1n) is 12.4. The van der Waals surface area contributed by atoms with Crippen molar-refractivity contribution in [3.8, 4) is 11.5 Å². The average Bonchev–Trinajstić information content (AvgIpc) is 3.29. The molecule has 1 aliphatic heterocycles. The summed E-state index contributed by atoms with van der Waals surface area (Å²) in [4.78, 5) is 31.4. The molecule has 0 saturated heterocycles. The van der Waals surface area contributed by atoms with Crippen LogP contribution in [0.1, 0.15) is 29.7 Å². The number of rotatable bonds is 7. The van der Waals surface area contributed by atoms with E-state index in [0.717, 1.165) is 11.3 Å². The van der Waals surface area contributed by atoms with Gasteiger partial charge in [0.15, 0.2) is 22.2 Å². The second kappa shape index (κ2) is 11.6. The molecule has 0 spiro atoms. The van der Waals surface area contributed by atoms with Gasteiger partial charge in [0.2, 0.25) is 11.6 Å². The summed E-state index contributed by atoms with van der Waals surface area (Å²) >= 11 is 1.11. The number of carbonyl (C=O) groups excluding carboxylic acids is 1. The van der Waals surface area contributed by atoms with E-state index in [1.165, 1.54) is 18.8 Å². The van der Waals surface area contributed by atoms with Gasteiger partial charge < -0.3 is 14.2 Å². The van der Waals surface area contributed by atoms with E-state index in [1.54, 1.807) is 55.5 Å². The predicted octanol–water partition coefficient (Wildman–Crippen LogP) is 4.55. The SMILES string of the molecule is COC(=O)C1=C(C)N=c2s/c(=C\c3ccc(OC)c(COc4c(F)c(F)cc(F)c4F)c3)c(=O)n2[C@@H]1c1ccccc1. The second-order valence-corrected chi connectivity index (χ2v) is 10.2. The molecule has 0 radical (unpaired) electrons. The molecule has 1 aliphatic rings. The monoisotopic (exact) mass is 598 g/mol. The normalized spacial score (nSPS) is 14.8. The summed E-state index contributed by atoms with van der Waals surface area (Å²) in [5.74, 6) is -8.07. The Morgan fingerprint density at radius 1 is 1.02 bits per heavy atom. The van der Waals surface area contributed by atoms with Crippen molar-refractivity contribution >= 4 is 23.4 Å². The summed E-state index contributed by atoms with van der Waals surface area (Å²) in [7, 11) is 2.62. The molecule has 0 saturated carbocycles. The Hall–Kier alpha value is -4.71. The maximum absolute atomic E-state index is 14.1. The van der Waals surface area contributed by atoms with Gasteiger partial charge in [0.25, 0.3) is 5.56 Å². The van der Waals surface area contributed by atoms with Crippen LogP contribution in [-0.2, 0) is 16.1 Å². The Bertz CT molecular complexity index is 1890. The number of benzene rings is 3. The third-order valence-electron chi connectivity index (χ3n) is 6.59. The molecule has 0 N–H and O–H groups in total. The number of thiazole rings is 1. The average molecular weight is 599 g/mol. The number of carbonyl (C=O) groups is 1. The van der Waals surface area contributed by atoms with Crippen molar-refractivity contribution in [1.29, 1.82) is 0 Å². The number of hydrogen-bond acceptors (Lipinski definition) is 7. The summed E-state index contributed by atoms with van der Waals surface area (Å²) in [5, 5.41) is 0. The first-order valence-corrected chi connectivity index (χ1v) is 13.2. The number of halogens is 4. The number of allylic oxidation sites excluding steroid dienone is 1. The quantitative estimate of drug-likeness (QED) is 0.177. The molecular weight excluding hydrogens is 576 g/mol. The third-order valence-corrected chi connectivity index (χ3v) is 7.57. The van der Waals surface area contributed by atoms with E-state index in [1.807, 2.05) is 6.07 Å². The summed E-state index contributed by atoms with van der Waals surface area (Å²) < 4.78 is 72.6. The Balaban J connectivity index is 1.57.